The van der Waals surface area contributed by atoms with E-state index in [1.165, 1.54) is 11.8 Å². The largest absolute Gasteiger partial charge is 0.466 e. The molecule has 1 saturated heterocycles. The minimum atomic E-state index is -0.162. The number of amides is 1. The number of benzene rings is 2. The first-order valence-electron chi connectivity index (χ1n) is 11.1. The lowest BCUT2D eigenvalue weighted by Gasteiger charge is -2.30. The second-order valence-electron chi connectivity index (χ2n) is 7.72. The molecule has 0 spiro atoms. The Hall–Kier alpha value is -3.26. The Morgan fingerprint density at radius 3 is 2.15 bits per heavy atom. The Labute approximate surface area is 197 Å². The van der Waals surface area contributed by atoms with E-state index in [1.807, 2.05) is 60.7 Å². The number of carbonyl (C=O) groups is 2. The van der Waals surface area contributed by atoms with E-state index < -0.39 is 0 Å². The normalized spacial score (nSPS) is 14.2. The summed E-state index contributed by atoms with van der Waals surface area (Å²) < 4.78 is 5.10. The number of ether oxygens (including phenoxy) is 1. The smallest absolute Gasteiger partial charge is 0.309 e. The topological polar surface area (TPSA) is 85.3 Å². The van der Waals surface area contributed by atoms with Crippen molar-refractivity contribution >= 4 is 23.6 Å². The molecule has 0 unspecified atom stereocenters. The van der Waals surface area contributed by atoms with Crippen LogP contribution in [-0.4, -0.2) is 57.4 Å². The summed E-state index contributed by atoms with van der Waals surface area (Å²) in [4.78, 5) is 31.2. The minimum Gasteiger partial charge on any atom is -0.466 e. The zero-order valence-corrected chi connectivity index (χ0v) is 19.3. The first kappa shape index (κ1) is 22.9. The van der Waals surface area contributed by atoms with Crippen molar-refractivity contribution in [3.63, 3.8) is 0 Å². The fourth-order valence-corrected chi connectivity index (χ4v) is 4.49. The second kappa shape index (κ2) is 11.0. The van der Waals surface area contributed by atoms with Gasteiger partial charge in [-0.2, -0.15) is 0 Å². The van der Waals surface area contributed by atoms with Gasteiger partial charge in [0.05, 0.1) is 18.3 Å². The average molecular weight is 463 g/mol. The van der Waals surface area contributed by atoms with E-state index in [-0.39, 0.29) is 23.5 Å². The molecule has 3 aromatic rings. The maximum absolute atomic E-state index is 12.7. The fraction of sp³-hybridized carbons (Fsp3) is 0.320. The highest BCUT2D eigenvalue weighted by Crippen LogP contribution is 2.30. The van der Waals surface area contributed by atoms with Crippen LogP contribution in [0.2, 0.25) is 0 Å². The van der Waals surface area contributed by atoms with Gasteiger partial charge in [0.1, 0.15) is 11.4 Å². The minimum absolute atomic E-state index is 0.0132. The molecular weight excluding hydrogens is 436 g/mol. The van der Waals surface area contributed by atoms with Gasteiger partial charge in [0.15, 0.2) is 0 Å². The van der Waals surface area contributed by atoms with E-state index in [0.29, 0.717) is 43.4 Å². The molecule has 2 heterocycles. The number of hydrogen-bond donors (Lipinski definition) is 0. The summed E-state index contributed by atoms with van der Waals surface area (Å²) in [5.41, 5.74) is 3.33. The van der Waals surface area contributed by atoms with Crippen LogP contribution in [0.5, 0.6) is 0 Å². The van der Waals surface area contributed by atoms with Crippen molar-refractivity contribution in [2.75, 3.05) is 25.4 Å². The Balaban J connectivity index is 1.44. The van der Waals surface area contributed by atoms with Crippen molar-refractivity contribution in [3.8, 4) is 22.5 Å². The molecule has 33 heavy (non-hydrogen) atoms. The molecule has 7 nitrogen and oxygen atoms in total. The van der Waals surface area contributed by atoms with Gasteiger partial charge in [0.2, 0.25) is 11.1 Å². The zero-order valence-electron chi connectivity index (χ0n) is 18.5. The van der Waals surface area contributed by atoms with E-state index in [9.17, 15) is 9.59 Å². The second-order valence-corrected chi connectivity index (χ2v) is 8.66. The van der Waals surface area contributed by atoms with Crippen molar-refractivity contribution in [2.24, 2.45) is 5.92 Å². The van der Waals surface area contributed by atoms with Crippen molar-refractivity contribution < 1.29 is 14.3 Å². The number of carbonyl (C=O) groups excluding carboxylic acids is 2. The first-order valence-corrected chi connectivity index (χ1v) is 12.1. The Morgan fingerprint density at radius 2 is 1.55 bits per heavy atom. The number of esters is 1. The van der Waals surface area contributed by atoms with Crippen LogP contribution in [0.25, 0.3) is 22.5 Å². The SMILES string of the molecule is CCOC(=O)C1CCN(C(=O)CSc2nnc(-c3ccccc3)c(-c3ccccc3)n2)CC1. The average Bonchev–Trinajstić information content (AvgIpc) is 2.88. The van der Waals surface area contributed by atoms with Crippen LogP contribution in [0.15, 0.2) is 65.8 Å². The molecule has 8 heteroatoms. The number of nitrogens with zero attached hydrogens (tertiary/aromatic N) is 4. The summed E-state index contributed by atoms with van der Waals surface area (Å²) in [6.07, 6.45) is 1.27. The third-order valence-corrected chi connectivity index (χ3v) is 6.38. The van der Waals surface area contributed by atoms with Crippen LogP contribution >= 0.6 is 11.8 Å². The number of piperidine rings is 1. The summed E-state index contributed by atoms with van der Waals surface area (Å²) in [5, 5.41) is 9.20. The van der Waals surface area contributed by atoms with E-state index in [4.69, 9.17) is 9.72 Å². The molecule has 4 rings (SSSR count). The van der Waals surface area contributed by atoms with Gasteiger partial charge in [-0.05, 0) is 19.8 Å². The van der Waals surface area contributed by atoms with Gasteiger partial charge >= 0.3 is 5.97 Å². The molecule has 0 radical (unpaired) electrons. The molecule has 1 aromatic heterocycles. The van der Waals surface area contributed by atoms with E-state index in [0.717, 1.165) is 16.8 Å². The molecule has 1 amide bonds. The van der Waals surface area contributed by atoms with Gasteiger partial charge in [0.25, 0.3) is 0 Å². The molecule has 1 aliphatic rings. The highest BCUT2D eigenvalue weighted by atomic mass is 32.2. The molecule has 0 N–H and O–H groups in total. The Morgan fingerprint density at radius 1 is 0.939 bits per heavy atom. The molecular formula is C25H26N4O3S. The van der Waals surface area contributed by atoms with Crippen LogP contribution in [-0.2, 0) is 14.3 Å². The van der Waals surface area contributed by atoms with E-state index >= 15 is 0 Å². The molecule has 1 aliphatic heterocycles. The molecule has 170 valence electrons. The molecule has 2 aromatic carbocycles. The molecule has 0 atom stereocenters. The quantitative estimate of drug-likeness (QED) is 0.386. The zero-order chi connectivity index (χ0) is 23.0. The van der Waals surface area contributed by atoms with Crippen molar-refractivity contribution in [1.29, 1.82) is 0 Å². The summed E-state index contributed by atoms with van der Waals surface area (Å²) in [5.74, 6) is -0.0390. The predicted molar refractivity (Wildman–Crippen MR) is 127 cm³/mol. The monoisotopic (exact) mass is 462 g/mol. The maximum Gasteiger partial charge on any atom is 0.309 e. The van der Waals surface area contributed by atoms with Gasteiger partial charge in [-0.3, -0.25) is 9.59 Å². The standard InChI is InChI=1S/C25H26N4O3S/c1-2-32-24(31)20-13-15-29(16-14-20)21(30)17-33-25-26-22(18-9-5-3-6-10-18)23(27-28-25)19-11-7-4-8-12-19/h3-12,20H,2,13-17H2,1H3. The van der Waals surface area contributed by atoms with Gasteiger partial charge in [-0.1, -0.05) is 72.4 Å². The Kier molecular flexibility index (Phi) is 7.67. The van der Waals surface area contributed by atoms with Gasteiger partial charge in [-0.25, -0.2) is 4.98 Å². The van der Waals surface area contributed by atoms with Crippen molar-refractivity contribution in [2.45, 2.75) is 24.9 Å². The number of likely N-dealkylation sites (tertiary alicyclic amines) is 1. The highest BCUT2D eigenvalue weighted by Gasteiger charge is 2.28. The summed E-state index contributed by atoms with van der Waals surface area (Å²) in [6.45, 7) is 3.31. The molecule has 1 fully saturated rings. The summed E-state index contributed by atoms with van der Waals surface area (Å²) in [7, 11) is 0. The van der Waals surface area contributed by atoms with Gasteiger partial charge < -0.3 is 9.64 Å². The molecule has 0 aliphatic carbocycles. The van der Waals surface area contributed by atoms with Crippen LogP contribution < -0.4 is 0 Å². The predicted octanol–water partition coefficient (Wildman–Crippen LogP) is 4.10. The van der Waals surface area contributed by atoms with E-state index in [2.05, 4.69) is 10.2 Å². The lowest BCUT2D eigenvalue weighted by atomic mass is 9.97. The van der Waals surface area contributed by atoms with Crippen molar-refractivity contribution in [1.82, 2.24) is 20.1 Å². The lowest BCUT2D eigenvalue weighted by Crippen LogP contribution is -2.41. The van der Waals surface area contributed by atoms with Gasteiger partial charge in [0, 0.05) is 24.2 Å². The third kappa shape index (κ3) is 5.76. The number of hydrogen-bond acceptors (Lipinski definition) is 7. The maximum atomic E-state index is 12.7. The van der Waals surface area contributed by atoms with Crippen LogP contribution in [0.1, 0.15) is 19.8 Å². The van der Waals surface area contributed by atoms with Crippen LogP contribution in [0, 0.1) is 5.92 Å². The third-order valence-electron chi connectivity index (χ3n) is 5.55. The Bertz CT molecular complexity index is 1090. The number of rotatable bonds is 7. The van der Waals surface area contributed by atoms with Crippen LogP contribution in [0.4, 0.5) is 0 Å². The molecule has 0 bridgehead atoms. The first-order chi connectivity index (χ1) is 16.2. The lowest BCUT2D eigenvalue weighted by molar-refractivity contribution is -0.151. The van der Waals surface area contributed by atoms with Crippen LogP contribution in [0.3, 0.4) is 0 Å². The summed E-state index contributed by atoms with van der Waals surface area (Å²) >= 11 is 1.28. The number of aromatic nitrogens is 3. The molecule has 0 saturated carbocycles. The summed E-state index contributed by atoms with van der Waals surface area (Å²) in [6, 6.07) is 19.7. The highest BCUT2D eigenvalue weighted by molar-refractivity contribution is 7.99. The van der Waals surface area contributed by atoms with E-state index in [1.54, 1.807) is 11.8 Å². The van der Waals surface area contributed by atoms with Gasteiger partial charge in [-0.15, -0.1) is 10.2 Å². The van der Waals surface area contributed by atoms with Crippen molar-refractivity contribution in [3.05, 3.63) is 60.7 Å². The number of thioether (sulfide) groups is 1. The fourth-order valence-electron chi connectivity index (χ4n) is 3.80.